The molecule has 0 aromatic heterocycles. The van der Waals surface area contributed by atoms with Gasteiger partial charge in [-0.05, 0) is 13.3 Å². The zero-order chi connectivity index (χ0) is 10.7. The molecule has 0 aliphatic carbocycles. The van der Waals surface area contributed by atoms with E-state index in [4.69, 9.17) is 5.73 Å². The van der Waals surface area contributed by atoms with Crippen molar-refractivity contribution in [3.8, 4) is 0 Å². The van der Waals surface area contributed by atoms with E-state index in [-0.39, 0.29) is 24.7 Å². The number of hydrogen-bond acceptors (Lipinski definition) is 3. The Hall–Kier alpha value is -1.59. The molecule has 1 saturated heterocycles. The molecule has 6 heteroatoms. The highest BCUT2D eigenvalue weighted by Crippen LogP contribution is 2.03. The summed E-state index contributed by atoms with van der Waals surface area (Å²) in [6.07, 6.45) is 0.340. The first-order chi connectivity index (χ1) is 6.50. The lowest BCUT2D eigenvalue weighted by atomic mass is 10.1. The summed E-state index contributed by atoms with van der Waals surface area (Å²) in [5, 5.41) is 5.01. The minimum absolute atomic E-state index is 0.0900. The van der Waals surface area contributed by atoms with Crippen LogP contribution in [0.2, 0.25) is 0 Å². The number of carbonyl (C=O) groups is 3. The first-order valence-corrected chi connectivity index (χ1v) is 4.39. The minimum Gasteiger partial charge on any atom is -0.370 e. The number of amides is 3. The van der Waals surface area contributed by atoms with Crippen LogP contribution in [0.15, 0.2) is 0 Å². The fraction of sp³-hybridized carbons (Fsp3) is 0.625. The second-order valence-electron chi connectivity index (χ2n) is 3.30. The van der Waals surface area contributed by atoms with Gasteiger partial charge in [0.05, 0.1) is 0 Å². The van der Waals surface area contributed by atoms with Crippen LogP contribution in [0.4, 0.5) is 0 Å². The van der Waals surface area contributed by atoms with Crippen molar-refractivity contribution in [3.05, 3.63) is 0 Å². The predicted molar refractivity (Wildman–Crippen MR) is 48.0 cm³/mol. The number of nitrogens with two attached hydrogens (primary N) is 1. The van der Waals surface area contributed by atoms with E-state index in [1.165, 1.54) is 0 Å². The molecule has 78 valence electrons. The molecule has 2 unspecified atom stereocenters. The molecule has 1 aliphatic heterocycles. The summed E-state index contributed by atoms with van der Waals surface area (Å²) in [5.74, 6) is -0.983. The summed E-state index contributed by atoms with van der Waals surface area (Å²) >= 11 is 0. The van der Waals surface area contributed by atoms with Crippen molar-refractivity contribution in [1.82, 2.24) is 10.6 Å². The Bertz CT molecular complexity index is 277. The third kappa shape index (κ3) is 2.45. The third-order valence-corrected chi connectivity index (χ3v) is 2.06. The SMILES string of the molecule is CC1NC(=O)C(CCC(N)=O)NC1=O. The van der Waals surface area contributed by atoms with Gasteiger partial charge in [-0.15, -0.1) is 0 Å². The summed E-state index contributed by atoms with van der Waals surface area (Å²) in [6.45, 7) is 1.59. The van der Waals surface area contributed by atoms with E-state index >= 15 is 0 Å². The Kier molecular flexibility index (Phi) is 3.06. The van der Waals surface area contributed by atoms with Gasteiger partial charge in [0, 0.05) is 6.42 Å². The van der Waals surface area contributed by atoms with Crippen LogP contribution in [-0.2, 0) is 14.4 Å². The van der Waals surface area contributed by atoms with Crippen LogP contribution < -0.4 is 16.4 Å². The molecular formula is C8H13N3O3. The smallest absolute Gasteiger partial charge is 0.243 e. The first kappa shape index (κ1) is 10.5. The maximum absolute atomic E-state index is 11.3. The van der Waals surface area contributed by atoms with Crippen molar-refractivity contribution in [1.29, 1.82) is 0 Å². The van der Waals surface area contributed by atoms with E-state index in [0.29, 0.717) is 0 Å². The molecule has 0 aromatic rings. The lowest BCUT2D eigenvalue weighted by Crippen LogP contribution is -2.60. The molecule has 14 heavy (non-hydrogen) atoms. The Morgan fingerprint density at radius 2 is 2.00 bits per heavy atom. The summed E-state index contributed by atoms with van der Waals surface area (Å²) in [5.41, 5.74) is 4.93. The molecule has 0 bridgehead atoms. The quantitative estimate of drug-likeness (QED) is 0.502. The largest absolute Gasteiger partial charge is 0.370 e. The Morgan fingerprint density at radius 1 is 1.36 bits per heavy atom. The van der Waals surface area contributed by atoms with Gasteiger partial charge in [0.15, 0.2) is 0 Å². The number of hydrogen-bond donors (Lipinski definition) is 3. The van der Waals surface area contributed by atoms with Crippen molar-refractivity contribution < 1.29 is 14.4 Å². The molecule has 3 amide bonds. The summed E-state index contributed by atoms with van der Waals surface area (Å²) in [6, 6.07) is -1.14. The normalized spacial score (nSPS) is 26.6. The fourth-order valence-electron chi connectivity index (χ4n) is 1.23. The van der Waals surface area contributed by atoms with Crippen LogP contribution in [0, 0.1) is 0 Å². The molecule has 1 fully saturated rings. The number of nitrogens with one attached hydrogen (secondary N) is 2. The molecule has 2 atom stereocenters. The van der Waals surface area contributed by atoms with Crippen molar-refractivity contribution in [2.45, 2.75) is 31.8 Å². The third-order valence-electron chi connectivity index (χ3n) is 2.06. The van der Waals surface area contributed by atoms with Gasteiger partial charge in [0.25, 0.3) is 0 Å². The van der Waals surface area contributed by atoms with Gasteiger partial charge in [0.1, 0.15) is 12.1 Å². The second-order valence-corrected chi connectivity index (χ2v) is 3.30. The van der Waals surface area contributed by atoms with Gasteiger partial charge in [-0.25, -0.2) is 0 Å². The van der Waals surface area contributed by atoms with Crippen molar-refractivity contribution in [2.24, 2.45) is 5.73 Å². The fourth-order valence-corrected chi connectivity index (χ4v) is 1.23. The van der Waals surface area contributed by atoms with Gasteiger partial charge in [-0.2, -0.15) is 0 Å². The average molecular weight is 199 g/mol. The van der Waals surface area contributed by atoms with Crippen LogP contribution in [0.25, 0.3) is 0 Å². The van der Waals surface area contributed by atoms with E-state index in [9.17, 15) is 14.4 Å². The maximum atomic E-state index is 11.3. The van der Waals surface area contributed by atoms with Gasteiger partial charge in [-0.1, -0.05) is 0 Å². The lowest BCUT2D eigenvalue weighted by molar-refractivity contribution is -0.136. The van der Waals surface area contributed by atoms with E-state index in [0.717, 1.165) is 0 Å². The number of rotatable bonds is 3. The summed E-state index contributed by atoms with van der Waals surface area (Å²) in [4.78, 5) is 32.9. The van der Waals surface area contributed by atoms with Crippen LogP contribution in [-0.4, -0.2) is 29.8 Å². The van der Waals surface area contributed by atoms with E-state index in [1.54, 1.807) is 6.92 Å². The minimum atomic E-state index is -0.633. The highest BCUT2D eigenvalue weighted by atomic mass is 16.2. The predicted octanol–water partition coefficient (Wildman–Crippen LogP) is -1.74. The molecule has 0 radical (unpaired) electrons. The van der Waals surface area contributed by atoms with Crippen molar-refractivity contribution >= 4 is 17.7 Å². The molecule has 0 spiro atoms. The molecule has 1 aliphatic rings. The summed E-state index contributed by atoms with van der Waals surface area (Å²) in [7, 11) is 0. The van der Waals surface area contributed by atoms with Crippen LogP contribution >= 0.6 is 0 Å². The first-order valence-electron chi connectivity index (χ1n) is 4.39. The molecule has 1 heterocycles. The average Bonchev–Trinajstić information content (AvgIpc) is 2.09. The Morgan fingerprint density at radius 3 is 2.57 bits per heavy atom. The zero-order valence-electron chi connectivity index (χ0n) is 7.87. The Labute approximate surface area is 81.2 Å². The monoisotopic (exact) mass is 199 g/mol. The molecular weight excluding hydrogens is 186 g/mol. The van der Waals surface area contributed by atoms with Crippen LogP contribution in [0.5, 0.6) is 0 Å². The Balaban J connectivity index is 2.49. The van der Waals surface area contributed by atoms with Gasteiger partial charge in [0.2, 0.25) is 17.7 Å². The van der Waals surface area contributed by atoms with Crippen molar-refractivity contribution in [3.63, 3.8) is 0 Å². The highest BCUT2D eigenvalue weighted by molar-refractivity contribution is 5.96. The molecule has 4 N–H and O–H groups in total. The van der Waals surface area contributed by atoms with Crippen LogP contribution in [0.1, 0.15) is 19.8 Å². The van der Waals surface area contributed by atoms with E-state index in [2.05, 4.69) is 10.6 Å². The van der Waals surface area contributed by atoms with Gasteiger partial charge in [-0.3, -0.25) is 14.4 Å². The number of piperazine rings is 1. The standard InChI is InChI=1S/C8H13N3O3/c1-4-7(13)11-5(8(14)10-4)2-3-6(9)12/h4-5H,2-3H2,1H3,(H2,9,12)(H,10,14)(H,11,13). The van der Waals surface area contributed by atoms with Crippen LogP contribution in [0.3, 0.4) is 0 Å². The number of carbonyl (C=O) groups excluding carboxylic acids is 3. The summed E-state index contributed by atoms with van der Waals surface area (Å²) < 4.78 is 0. The van der Waals surface area contributed by atoms with Gasteiger partial charge < -0.3 is 16.4 Å². The van der Waals surface area contributed by atoms with Crippen molar-refractivity contribution in [2.75, 3.05) is 0 Å². The van der Waals surface area contributed by atoms with E-state index in [1.807, 2.05) is 0 Å². The maximum Gasteiger partial charge on any atom is 0.243 e. The molecule has 6 nitrogen and oxygen atoms in total. The number of primary amides is 1. The highest BCUT2D eigenvalue weighted by Gasteiger charge is 2.30. The van der Waals surface area contributed by atoms with Gasteiger partial charge >= 0.3 is 0 Å². The zero-order valence-corrected chi connectivity index (χ0v) is 7.87. The topological polar surface area (TPSA) is 101 Å². The lowest BCUT2D eigenvalue weighted by Gasteiger charge is -2.27. The molecule has 1 rings (SSSR count). The molecule has 0 aromatic carbocycles. The molecule has 0 saturated carbocycles. The second kappa shape index (κ2) is 4.08. The van der Waals surface area contributed by atoms with E-state index < -0.39 is 18.0 Å².